The second kappa shape index (κ2) is 8.15. The molecule has 0 saturated carbocycles. The highest BCUT2D eigenvalue weighted by Crippen LogP contribution is 2.27. The molecule has 0 fully saturated rings. The third-order valence-corrected chi connectivity index (χ3v) is 5.45. The van der Waals surface area contributed by atoms with Crippen LogP contribution < -0.4 is 4.72 Å². The Hall–Kier alpha value is -1.66. The molecule has 5 nitrogen and oxygen atoms in total. The number of unbranched alkanes of at least 4 members (excludes halogenated alkanes) is 2. The number of benzene rings is 1. The predicted molar refractivity (Wildman–Crippen MR) is 101 cm³/mol. The lowest BCUT2D eigenvalue weighted by Gasteiger charge is -2.17. The van der Waals surface area contributed by atoms with E-state index in [4.69, 9.17) is 0 Å². The molecule has 1 N–H and O–H groups in total. The van der Waals surface area contributed by atoms with E-state index in [0.29, 0.717) is 18.8 Å². The third kappa shape index (κ3) is 5.41. The van der Waals surface area contributed by atoms with Crippen LogP contribution in [0.4, 0.5) is 0 Å². The molecule has 25 heavy (non-hydrogen) atoms. The molecule has 2 aromatic rings. The summed E-state index contributed by atoms with van der Waals surface area (Å²) in [5.74, 6) is 0. The Balaban J connectivity index is 2.29. The minimum atomic E-state index is -3.56. The number of hydrogen-bond acceptors (Lipinski definition) is 3. The SMILES string of the molecule is CCCCCNS(=O)(=O)c1cn(Cc2ccccc2)nc1C(C)(C)C. The molecule has 138 valence electrons. The Morgan fingerprint density at radius 3 is 2.40 bits per heavy atom. The van der Waals surface area contributed by atoms with Gasteiger partial charge in [0.25, 0.3) is 0 Å². The van der Waals surface area contributed by atoms with Gasteiger partial charge in [0.05, 0.1) is 12.2 Å². The Morgan fingerprint density at radius 1 is 1.12 bits per heavy atom. The highest BCUT2D eigenvalue weighted by Gasteiger charge is 2.29. The molecule has 2 rings (SSSR count). The summed E-state index contributed by atoms with van der Waals surface area (Å²) in [5.41, 5.74) is 1.34. The van der Waals surface area contributed by atoms with Crippen molar-refractivity contribution in [3.8, 4) is 0 Å². The van der Waals surface area contributed by atoms with Crippen LogP contribution in [0, 0.1) is 0 Å². The standard InChI is InChI=1S/C19H29N3O2S/c1-5-6-10-13-20-25(23,24)17-15-22(21-18(17)19(2,3)4)14-16-11-8-7-9-12-16/h7-9,11-12,15,20H,5-6,10,13-14H2,1-4H3. The van der Waals surface area contributed by atoms with Crippen molar-refractivity contribution >= 4 is 10.0 Å². The zero-order valence-electron chi connectivity index (χ0n) is 15.6. The molecule has 1 heterocycles. The highest BCUT2D eigenvalue weighted by atomic mass is 32.2. The van der Waals surface area contributed by atoms with E-state index in [2.05, 4.69) is 16.7 Å². The fraction of sp³-hybridized carbons (Fsp3) is 0.526. The van der Waals surface area contributed by atoms with Gasteiger partial charge in [-0.2, -0.15) is 5.10 Å². The second-order valence-electron chi connectivity index (χ2n) is 7.38. The molecule has 0 aliphatic carbocycles. The highest BCUT2D eigenvalue weighted by molar-refractivity contribution is 7.89. The van der Waals surface area contributed by atoms with Gasteiger partial charge in [-0.3, -0.25) is 4.68 Å². The number of sulfonamides is 1. The lowest BCUT2D eigenvalue weighted by molar-refractivity contribution is 0.530. The molecular weight excluding hydrogens is 334 g/mol. The number of nitrogens with zero attached hydrogens (tertiary/aromatic N) is 2. The Morgan fingerprint density at radius 2 is 1.80 bits per heavy atom. The Kier molecular flexibility index (Phi) is 6.41. The van der Waals surface area contributed by atoms with Crippen molar-refractivity contribution in [2.45, 2.75) is 63.8 Å². The van der Waals surface area contributed by atoms with E-state index in [1.54, 1.807) is 10.9 Å². The topological polar surface area (TPSA) is 64.0 Å². The summed E-state index contributed by atoms with van der Waals surface area (Å²) in [6, 6.07) is 9.92. The quantitative estimate of drug-likeness (QED) is 0.727. The lowest BCUT2D eigenvalue weighted by atomic mass is 9.92. The number of nitrogens with one attached hydrogen (secondary N) is 1. The summed E-state index contributed by atoms with van der Waals surface area (Å²) in [7, 11) is -3.56. The Labute approximate surface area is 151 Å². The van der Waals surface area contributed by atoms with Crippen molar-refractivity contribution in [2.75, 3.05) is 6.54 Å². The zero-order valence-corrected chi connectivity index (χ0v) is 16.4. The molecule has 0 spiro atoms. The maximum Gasteiger partial charge on any atom is 0.243 e. The van der Waals surface area contributed by atoms with Gasteiger partial charge >= 0.3 is 0 Å². The molecule has 0 bridgehead atoms. The Bertz CT molecular complexity index is 775. The molecule has 0 atom stereocenters. The summed E-state index contributed by atoms with van der Waals surface area (Å²) in [6.45, 7) is 9.06. The summed E-state index contributed by atoms with van der Waals surface area (Å²) >= 11 is 0. The normalized spacial score (nSPS) is 12.5. The second-order valence-corrected chi connectivity index (χ2v) is 9.12. The van der Waals surface area contributed by atoms with Crippen LogP contribution in [0.2, 0.25) is 0 Å². The van der Waals surface area contributed by atoms with Gasteiger partial charge in [0.2, 0.25) is 10.0 Å². The van der Waals surface area contributed by atoms with Gasteiger partial charge in [0, 0.05) is 18.2 Å². The van der Waals surface area contributed by atoms with Gasteiger partial charge in [-0.25, -0.2) is 13.1 Å². The molecule has 0 aliphatic heterocycles. The van der Waals surface area contributed by atoms with Gasteiger partial charge < -0.3 is 0 Å². The summed E-state index contributed by atoms with van der Waals surface area (Å²) in [6.07, 6.45) is 4.57. The van der Waals surface area contributed by atoms with E-state index >= 15 is 0 Å². The first-order valence-corrected chi connectivity index (χ1v) is 10.3. The maximum atomic E-state index is 12.8. The summed E-state index contributed by atoms with van der Waals surface area (Å²) < 4.78 is 30.0. The van der Waals surface area contributed by atoms with Crippen LogP contribution in [0.3, 0.4) is 0 Å². The van der Waals surface area contributed by atoms with Crippen molar-refractivity contribution in [2.24, 2.45) is 0 Å². The molecule has 0 radical (unpaired) electrons. The minimum Gasteiger partial charge on any atom is -0.267 e. The third-order valence-electron chi connectivity index (χ3n) is 3.99. The van der Waals surface area contributed by atoms with Crippen molar-refractivity contribution in [3.63, 3.8) is 0 Å². The molecule has 0 unspecified atom stereocenters. The first kappa shape index (κ1) is 19.7. The average Bonchev–Trinajstić information content (AvgIpc) is 2.98. The number of rotatable bonds is 8. The van der Waals surface area contributed by atoms with Crippen molar-refractivity contribution in [1.82, 2.24) is 14.5 Å². The van der Waals surface area contributed by atoms with Crippen LogP contribution in [0.5, 0.6) is 0 Å². The van der Waals surface area contributed by atoms with E-state index in [1.165, 1.54) is 0 Å². The molecule has 0 amide bonds. The minimum absolute atomic E-state index is 0.285. The van der Waals surface area contributed by atoms with Gasteiger partial charge in [-0.05, 0) is 12.0 Å². The van der Waals surface area contributed by atoms with Crippen LogP contribution in [-0.4, -0.2) is 24.7 Å². The molecule has 1 aromatic heterocycles. The number of aromatic nitrogens is 2. The molecule has 0 saturated heterocycles. The first-order valence-electron chi connectivity index (χ1n) is 8.85. The lowest BCUT2D eigenvalue weighted by Crippen LogP contribution is -2.27. The van der Waals surface area contributed by atoms with E-state index in [9.17, 15) is 8.42 Å². The van der Waals surface area contributed by atoms with Gasteiger partial charge in [-0.1, -0.05) is 70.9 Å². The first-order chi connectivity index (χ1) is 11.7. The summed E-state index contributed by atoms with van der Waals surface area (Å²) in [5, 5.41) is 4.58. The maximum absolute atomic E-state index is 12.8. The molecule has 6 heteroatoms. The molecule has 0 aliphatic rings. The fourth-order valence-electron chi connectivity index (χ4n) is 2.63. The van der Waals surface area contributed by atoms with E-state index in [-0.39, 0.29) is 10.3 Å². The van der Waals surface area contributed by atoms with Crippen LogP contribution >= 0.6 is 0 Å². The van der Waals surface area contributed by atoms with Gasteiger partial charge in [0.1, 0.15) is 4.90 Å². The van der Waals surface area contributed by atoms with Crippen molar-refractivity contribution < 1.29 is 8.42 Å². The van der Waals surface area contributed by atoms with Crippen molar-refractivity contribution in [3.05, 3.63) is 47.8 Å². The van der Waals surface area contributed by atoms with Crippen molar-refractivity contribution in [1.29, 1.82) is 0 Å². The van der Waals surface area contributed by atoms with Gasteiger partial charge in [0.15, 0.2) is 0 Å². The fourth-order valence-corrected chi connectivity index (χ4v) is 4.06. The predicted octanol–water partition coefficient (Wildman–Crippen LogP) is 3.70. The molecular formula is C19H29N3O2S. The van der Waals surface area contributed by atoms with Crippen LogP contribution in [-0.2, 0) is 22.0 Å². The van der Waals surface area contributed by atoms with Crippen LogP contribution in [0.15, 0.2) is 41.4 Å². The van der Waals surface area contributed by atoms with Crippen LogP contribution in [0.1, 0.15) is 58.2 Å². The average molecular weight is 364 g/mol. The monoisotopic (exact) mass is 363 g/mol. The largest absolute Gasteiger partial charge is 0.267 e. The van der Waals surface area contributed by atoms with E-state index < -0.39 is 10.0 Å². The smallest absolute Gasteiger partial charge is 0.243 e. The summed E-state index contributed by atoms with van der Waals surface area (Å²) in [4.78, 5) is 0.285. The van der Waals surface area contributed by atoms with E-state index in [1.807, 2.05) is 51.1 Å². The van der Waals surface area contributed by atoms with Gasteiger partial charge in [-0.15, -0.1) is 0 Å². The molecule has 1 aromatic carbocycles. The van der Waals surface area contributed by atoms with Crippen LogP contribution in [0.25, 0.3) is 0 Å². The zero-order chi connectivity index (χ0) is 18.5. The van der Waals surface area contributed by atoms with E-state index in [0.717, 1.165) is 24.8 Å². The number of hydrogen-bond donors (Lipinski definition) is 1.